The van der Waals surface area contributed by atoms with Crippen LogP contribution in [-0.2, 0) is 19.1 Å². The highest BCUT2D eigenvalue weighted by Gasteiger charge is 2.26. The van der Waals surface area contributed by atoms with Crippen molar-refractivity contribution in [1.29, 1.82) is 0 Å². The van der Waals surface area contributed by atoms with E-state index in [0.717, 1.165) is 0 Å². The van der Waals surface area contributed by atoms with Crippen molar-refractivity contribution in [3.05, 3.63) is 0 Å². The van der Waals surface area contributed by atoms with Gasteiger partial charge in [-0.1, -0.05) is 0 Å². The van der Waals surface area contributed by atoms with E-state index in [2.05, 4.69) is 4.74 Å². The van der Waals surface area contributed by atoms with E-state index in [1.165, 1.54) is 4.90 Å². The summed E-state index contributed by atoms with van der Waals surface area (Å²) < 4.78 is 9.75. The second-order valence-electron chi connectivity index (χ2n) is 3.19. The molecule has 0 aromatic rings. The average molecular weight is 232 g/mol. The molecule has 0 aromatic heterocycles. The number of nitrogens with two attached hydrogens (primary N) is 1. The molecule has 0 aliphatic heterocycles. The van der Waals surface area contributed by atoms with Gasteiger partial charge in [0.15, 0.2) is 6.04 Å². The van der Waals surface area contributed by atoms with E-state index >= 15 is 0 Å². The molecule has 2 N–H and O–H groups in total. The zero-order valence-corrected chi connectivity index (χ0v) is 10.1. The normalized spacial score (nSPS) is 12.0. The highest BCUT2D eigenvalue weighted by molar-refractivity contribution is 6.01. The van der Waals surface area contributed by atoms with Crippen LogP contribution in [-0.4, -0.2) is 56.2 Å². The largest absolute Gasteiger partial charge is 0.464 e. The van der Waals surface area contributed by atoms with Gasteiger partial charge in [-0.15, -0.1) is 0 Å². The molecule has 0 heterocycles. The van der Waals surface area contributed by atoms with Crippen LogP contribution in [0.2, 0.25) is 0 Å². The van der Waals surface area contributed by atoms with Gasteiger partial charge in [0, 0.05) is 20.2 Å². The summed E-state index contributed by atoms with van der Waals surface area (Å²) in [6, 6.07) is -1.24. The molecule has 0 rings (SSSR count). The van der Waals surface area contributed by atoms with Crippen molar-refractivity contribution in [3.63, 3.8) is 0 Å². The Morgan fingerprint density at radius 2 is 1.94 bits per heavy atom. The van der Waals surface area contributed by atoms with Crippen LogP contribution < -0.4 is 5.73 Å². The van der Waals surface area contributed by atoms with Gasteiger partial charge in [0.2, 0.25) is 0 Å². The predicted octanol–water partition coefficient (Wildman–Crippen LogP) is -0.628. The quantitative estimate of drug-likeness (QED) is 0.359. The van der Waals surface area contributed by atoms with Gasteiger partial charge in [-0.3, -0.25) is 4.79 Å². The summed E-state index contributed by atoms with van der Waals surface area (Å²) in [5.41, 5.74) is 5.45. The summed E-state index contributed by atoms with van der Waals surface area (Å²) in [7, 11) is 1.57. The third-order valence-corrected chi connectivity index (χ3v) is 1.96. The lowest BCUT2D eigenvalue weighted by atomic mass is 10.3. The fraction of sp³-hybridized carbons (Fsp3) is 0.800. The van der Waals surface area contributed by atoms with E-state index in [1.54, 1.807) is 14.0 Å². The molecule has 0 aliphatic rings. The third kappa shape index (κ3) is 5.09. The van der Waals surface area contributed by atoms with Gasteiger partial charge in [0.05, 0.1) is 13.2 Å². The lowest BCUT2D eigenvalue weighted by Gasteiger charge is -2.20. The molecule has 94 valence electrons. The zero-order chi connectivity index (χ0) is 12.6. The Bertz CT molecular complexity index is 233. The fourth-order valence-electron chi connectivity index (χ4n) is 1.03. The molecule has 0 aliphatic carbocycles. The van der Waals surface area contributed by atoms with E-state index in [-0.39, 0.29) is 6.61 Å². The SMILES string of the molecule is CCOCCN(C)C(=O)C(N)C(=O)OCC. The fourth-order valence-corrected chi connectivity index (χ4v) is 1.03. The first-order valence-corrected chi connectivity index (χ1v) is 5.29. The minimum atomic E-state index is -1.24. The molecule has 0 aromatic carbocycles. The average Bonchev–Trinajstić information content (AvgIpc) is 2.27. The number of carbonyl (C=O) groups is 2. The van der Waals surface area contributed by atoms with Gasteiger partial charge < -0.3 is 20.1 Å². The molecule has 0 spiro atoms. The molecule has 0 radical (unpaired) electrons. The highest BCUT2D eigenvalue weighted by Crippen LogP contribution is 1.93. The number of ether oxygens (including phenoxy) is 2. The van der Waals surface area contributed by atoms with E-state index < -0.39 is 17.9 Å². The second-order valence-corrected chi connectivity index (χ2v) is 3.19. The van der Waals surface area contributed by atoms with Crippen molar-refractivity contribution in [3.8, 4) is 0 Å². The standard InChI is InChI=1S/C10H20N2O4/c1-4-15-7-6-12(3)9(13)8(11)10(14)16-5-2/h8H,4-7,11H2,1-3H3. The van der Waals surface area contributed by atoms with Crippen molar-refractivity contribution < 1.29 is 19.1 Å². The number of likely N-dealkylation sites (N-methyl/N-ethyl adjacent to an activating group) is 1. The molecule has 0 bridgehead atoms. The molecular formula is C10H20N2O4. The predicted molar refractivity (Wildman–Crippen MR) is 58.7 cm³/mol. The van der Waals surface area contributed by atoms with Crippen molar-refractivity contribution >= 4 is 11.9 Å². The van der Waals surface area contributed by atoms with Crippen molar-refractivity contribution in [2.75, 3.05) is 33.4 Å². The van der Waals surface area contributed by atoms with Crippen LogP contribution in [0.15, 0.2) is 0 Å². The van der Waals surface area contributed by atoms with Crippen molar-refractivity contribution in [1.82, 2.24) is 4.90 Å². The number of esters is 1. The lowest BCUT2D eigenvalue weighted by Crippen LogP contribution is -2.48. The van der Waals surface area contributed by atoms with Crippen LogP contribution in [0.4, 0.5) is 0 Å². The first-order chi connectivity index (χ1) is 7.54. The summed E-state index contributed by atoms with van der Waals surface area (Å²) >= 11 is 0. The van der Waals surface area contributed by atoms with Crippen molar-refractivity contribution in [2.45, 2.75) is 19.9 Å². The summed E-state index contributed by atoms with van der Waals surface area (Å²) in [5, 5.41) is 0. The van der Waals surface area contributed by atoms with Gasteiger partial charge >= 0.3 is 5.97 Å². The smallest absolute Gasteiger partial charge is 0.332 e. The highest BCUT2D eigenvalue weighted by atomic mass is 16.5. The number of carbonyl (C=O) groups excluding carboxylic acids is 2. The Hall–Kier alpha value is -1.14. The summed E-state index contributed by atoms with van der Waals surface area (Å²) in [4.78, 5) is 24.1. The van der Waals surface area contributed by atoms with E-state index in [4.69, 9.17) is 10.5 Å². The van der Waals surface area contributed by atoms with Crippen LogP contribution in [0.1, 0.15) is 13.8 Å². The third-order valence-electron chi connectivity index (χ3n) is 1.96. The molecular weight excluding hydrogens is 212 g/mol. The van der Waals surface area contributed by atoms with Crippen LogP contribution in [0, 0.1) is 0 Å². The topological polar surface area (TPSA) is 81.9 Å². The van der Waals surface area contributed by atoms with Gasteiger partial charge in [0.25, 0.3) is 5.91 Å². The molecule has 0 saturated heterocycles. The van der Waals surface area contributed by atoms with Gasteiger partial charge in [-0.05, 0) is 13.8 Å². The Balaban J connectivity index is 4.05. The van der Waals surface area contributed by atoms with Gasteiger partial charge in [0.1, 0.15) is 0 Å². The van der Waals surface area contributed by atoms with Crippen molar-refractivity contribution in [2.24, 2.45) is 5.73 Å². The first kappa shape index (κ1) is 14.9. The van der Waals surface area contributed by atoms with Crippen LogP contribution in [0.3, 0.4) is 0 Å². The molecule has 6 nitrogen and oxygen atoms in total. The van der Waals surface area contributed by atoms with E-state index in [0.29, 0.717) is 19.8 Å². The monoisotopic (exact) mass is 232 g/mol. The summed E-state index contributed by atoms with van der Waals surface area (Å²) in [6.07, 6.45) is 0. The first-order valence-electron chi connectivity index (χ1n) is 5.29. The molecule has 6 heteroatoms. The van der Waals surface area contributed by atoms with E-state index in [9.17, 15) is 9.59 Å². The zero-order valence-electron chi connectivity index (χ0n) is 10.1. The Morgan fingerprint density at radius 1 is 1.31 bits per heavy atom. The molecule has 0 saturated carbocycles. The number of nitrogens with zero attached hydrogens (tertiary/aromatic N) is 1. The molecule has 1 amide bonds. The number of amides is 1. The number of hydrogen-bond donors (Lipinski definition) is 1. The van der Waals surface area contributed by atoms with Gasteiger partial charge in [-0.25, -0.2) is 4.79 Å². The molecule has 16 heavy (non-hydrogen) atoms. The Labute approximate surface area is 95.7 Å². The summed E-state index contributed by atoms with van der Waals surface area (Å²) in [6.45, 7) is 5.16. The maximum absolute atomic E-state index is 11.6. The number of rotatable bonds is 7. The van der Waals surface area contributed by atoms with Crippen LogP contribution in [0.5, 0.6) is 0 Å². The number of hydrogen-bond acceptors (Lipinski definition) is 5. The van der Waals surface area contributed by atoms with Crippen LogP contribution >= 0.6 is 0 Å². The summed E-state index contributed by atoms with van der Waals surface area (Å²) in [5.74, 6) is -1.16. The Kier molecular flexibility index (Phi) is 7.49. The second kappa shape index (κ2) is 8.06. The molecule has 0 fully saturated rings. The molecule has 1 unspecified atom stereocenters. The molecule has 1 atom stereocenters. The maximum Gasteiger partial charge on any atom is 0.332 e. The Morgan fingerprint density at radius 3 is 2.44 bits per heavy atom. The van der Waals surface area contributed by atoms with E-state index in [1.807, 2.05) is 6.92 Å². The minimum absolute atomic E-state index is 0.211. The minimum Gasteiger partial charge on any atom is -0.464 e. The van der Waals surface area contributed by atoms with Gasteiger partial charge in [-0.2, -0.15) is 0 Å². The lowest BCUT2D eigenvalue weighted by molar-refractivity contribution is -0.150. The van der Waals surface area contributed by atoms with Crippen LogP contribution in [0.25, 0.3) is 0 Å². The maximum atomic E-state index is 11.6.